The highest BCUT2D eigenvalue weighted by atomic mass is 16.7. The standard InChI is InChI=1S/C4H8O3.3C2H8N2/c1-3(2)7-4(5)6;3*3-1-2-4/h3H,1-2H3,(H,5,6);3*1-4H2. The van der Waals surface area contributed by atoms with E-state index in [0.717, 1.165) is 0 Å². The van der Waals surface area contributed by atoms with Gasteiger partial charge in [-0.2, -0.15) is 0 Å². The third-order valence-corrected chi connectivity index (χ3v) is 0.837. The lowest BCUT2D eigenvalue weighted by molar-refractivity contribution is 0.0660. The van der Waals surface area contributed by atoms with Crippen molar-refractivity contribution in [3.63, 3.8) is 0 Å². The summed E-state index contributed by atoms with van der Waals surface area (Å²) in [5.74, 6) is 0. The van der Waals surface area contributed by atoms with Crippen LogP contribution in [0, 0.1) is 0 Å². The van der Waals surface area contributed by atoms with Gasteiger partial charge in [0.1, 0.15) is 0 Å². The minimum absolute atomic E-state index is 0.225. The number of hydrogen-bond donors (Lipinski definition) is 7. The zero-order chi connectivity index (χ0) is 16.1. The summed E-state index contributed by atoms with van der Waals surface area (Å²) < 4.78 is 4.17. The summed E-state index contributed by atoms with van der Waals surface area (Å²) >= 11 is 0. The van der Waals surface area contributed by atoms with Crippen molar-refractivity contribution >= 4 is 6.16 Å². The van der Waals surface area contributed by atoms with Crippen LogP contribution in [0.25, 0.3) is 0 Å². The first-order valence-corrected chi connectivity index (χ1v) is 5.97. The predicted octanol–water partition coefficient (Wildman–Crippen LogP) is -2.20. The van der Waals surface area contributed by atoms with Crippen LogP contribution in [0.3, 0.4) is 0 Å². The van der Waals surface area contributed by atoms with Crippen molar-refractivity contribution in [2.24, 2.45) is 34.4 Å². The normalized spacial score (nSPS) is 8.05. The van der Waals surface area contributed by atoms with Crippen molar-refractivity contribution in [1.82, 2.24) is 0 Å². The van der Waals surface area contributed by atoms with Gasteiger partial charge in [-0.3, -0.25) is 0 Å². The molecule has 0 aromatic heterocycles. The first-order chi connectivity index (χ1) is 8.87. The van der Waals surface area contributed by atoms with Gasteiger partial charge >= 0.3 is 6.16 Å². The van der Waals surface area contributed by atoms with E-state index in [1.54, 1.807) is 13.8 Å². The van der Waals surface area contributed by atoms with Crippen molar-refractivity contribution in [2.45, 2.75) is 20.0 Å². The molecule has 0 amide bonds. The fraction of sp³-hybridized carbons (Fsp3) is 0.900. The van der Waals surface area contributed by atoms with E-state index in [1.165, 1.54) is 0 Å². The van der Waals surface area contributed by atoms with Gasteiger partial charge in [0.2, 0.25) is 0 Å². The lowest BCUT2D eigenvalue weighted by Gasteiger charge is -1.99. The molecule has 0 spiro atoms. The highest BCUT2D eigenvalue weighted by Gasteiger charge is 1.97. The van der Waals surface area contributed by atoms with E-state index in [-0.39, 0.29) is 6.10 Å². The number of hydrogen-bond acceptors (Lipinski definition) is 8. The SMILES string of the molecule is CC(C)OC(=O)O.NCCN.NCCN.NCCN. The van der Waals surface area contributed by atoms with Crippen LogP contribution in [-0.4, -0.2) is 56.6 Å². The summed E-state index contributed by atoms with van der Waals surface area (Å²) in [5, 5.41) is 7.86. The fourth-order valence-electron chi connectivity index (χ4n) is 0.202. The maximum absolute atomic E-state index is 9.59. The molecule has 0 aromatic carbocycles. The average Bonchev–Trinajstić information content (AvgIpc) is 2.38. The van der Waals surface area contributed by atoms with Crippen molar-refractivity contribution in [3.05, 3.63) is 0 Å². The Labute approximate surface area is 115 Å². The highest BCUT2D eigenvalue weighted by Crippen LogP contribution is 1.85. The van der Waals surface area contributed by atoms with Gasteiger partial charge in [0, 0.05) is 39.3 Å². The molecule has 0 aliphatic carbocycles. The number of ether oxygens (including phenoxy) is 1. The third-order valence-electron chi connectivity index (χ3n) is 0.837. The minimum atomic E-state index is -1.21. The lowest BCUT2D eigenvalue weighted by atomic mass is 10.5. The molecule has 0 atom stereocenters. The van der Waals surface area contributed by atoms with E-state index >= 15 is 0 Å². The largest absolute Gasteiger partial charge is 0.506 e. The smallest absolute Gasteiger partial charge is 0.450 e. The Hall–Kier alpha value is -0.970. The van der Waals surface area contributed by atoms with Gasteiger partial charge in [0.25, 0.3) is 0 Å². The predicted molar refractivity (Wildman–Crippen MR) is 78.6 cm³/mol. The van der Waals surface area contributed by atoms with Crippen LogP contribution < -0.4 is 34.4 Å². The molecule has 120 valence electrons. The zero-order valence-corrected chi connectivity index (χ0v) is 12.0. The third kappa shape index (κ3) is 106. The van der Waals surface area contributed by atoms with Crippen LogP contribution in [0.5, 0.6) is 0 Å². The Balaban J connectivity index is -0.0000000825. The van der Waals surface area contributed by atoms with Crippen molar-refractivity contribution < 1.29 is 14.6 Å². The van der Waals surface area contributed by atoms with Gasteiger partial charge < -0.3 is 44.2 Å². The first-order valence-electron chi connectivity index (χ1n) is 5.97. The molecule has 0 saturated carbocycles. The lowest BCUT2D eigenvalue weighted by Crippen LogP contribution is -2.11. The molecule has 0 saturated heterocycles. The summed E-state index contributed by atoms with van der Waals surface area (Å²) in [5.41, 5.74) is 29.4. The van der Waals surface area contributed by atoms with Crippen LogP contribution in [0.1, 0.15) is 13.8 Å². The van der Waals surface area contributed by atoms with Crippen LogP contribution in [0.4, 0.5) is 4.79 Å². The molecule has 0 rings (SSSR count). The van der Waals surface area contributed by atoms with Crippen molar-refractivity contribution in [1.29, 1.82) is 0 Å². The van der Waals surface area contributed by atoms with Gasteiger partial charge in [0.15, 0.2) is 0 Å². The van der Waals surface area contributed by atoms with E-state index in [4.69, 9.17) is 39.5 Å². The Morgan fingerprint density at radius 1 is 0.842 bits per heavy atom. The second-order valence-corrected chi connectivity index (χ2v) is 3.16. The van der Waals surface area contributed by atoms with E-state index in [1.807, 2.05) is 0 Å². The second kappa shape index (κ2) is 30.2. The number of carboxylic acid groups (broad SMARTS) is 1. The summed E-state index contributed by atoms with van der Waals surface area (Å²) in [6.45, 7) is 6.90. The zero-order valence-electron chi connectivity index (χ0n) is 12.0. The van der Waals surface area contributed by atoms with Crippen molar-refractivity contribution in [3.8, 4) is 0 Å². The fourth-order valence-corrected chi connectivity index (χ4v) is 0.202. The van der Waals surface area contributed by atoms with Crippen LogP contribution in [0.15, 0.2) is 0 Å². The molecule has 0 aliphatic rings. The molecule has 19 heavy (non-hydrogen) atoms. The van der Waals surface area contributed by atoms with E-state index in [0.29, 0.717) is 39.3 Å². The van der Waals surface area contributed by atoms with E-state index < -0.39 is 6.16 Å². The quantitative estimate of drug-likeness (QED) is 0.279. The van der Waals surface area contributed by atoms with Gasteiger partial charge in [-0.15, -0.1) is 0 Å². The summed E-state index contributed by atoms with van der Waals surface area (Å²) in [7, 11) is 0. The monoisotopic (exact) mass is 284 g/mol. The number of rotatable bonds is 4. The van der Waals surface area contributed by atoms with Crippen LogP contribution >= 0.6 is 0 Å². The summed E-state index contributed by atoms with van der Waals surface area (Å²) in [4.78, 5) is 9.59. The second-order valence-electron chi connectivity index (χ2n) is 3.16. The maximum Gasteiger partial charge on any atom is 0.506 e. The molecule has 0 aromatic rings. The molecule has 0 radical (unpaired) electrons. The van der Waals surface area contributed by atoms with Crippen LogP contribution in [-0.2, 0) is 4.74 Å². The van der Waals surface area contributed by atoms with E-state index in [2.05, 4.69) is 4.74 Å². The molecule has 13 N–H and O–H groups in total. The molecule has 9 nitrogen and oxygen atoms in total. The minimum Gasteiger partial charge on any atom is -0.450 e. The molecule has 0 heterocycles. The van der Waals surface area contributed by atoms with Gasteiger partial charge in [-0.05, 0) is 13.8 Å². The molecule has 0 aliphatic heterocycles. The molecule has 9 heteroatoms. The van der Waals surface area contributed by atoms with Gasteiger partial charge in [0.05, 0.1) is 6.10 Å². The molecular formula is C10H32N6O3. The average molecular weight is 284 g/mol. The Kier molecular flexibility index (Phi) is 42.3. The Morgan fingerprint density at radius 3 is 1.05 bits per heavy atom. The van der Waals surface area contributed by atoms with Gasteiger partial charge in [-0.25, -0.2) is 4.79 Å². The highest BCUT2D eigenvalue weighted by molar-refractivity contribution is 5.56. The maximum atomic E-state index is 9.59. The Bertz CT molecular complexity index is 134. The summed E-state index contributed by atoms with van der Waals surface area (Å²) in [6, 6.07) is 0. The van der Waals surface area contributed by atoms with Gasteiger partial charge in [-0.1, -0.05) is 0 Å². The summed E-state index contributed by atoms with van der Waals surface area (Å²) in [6.07, 6.45) is -1.44. The Morgan fingerprint density at radius 2 is 1.05 bits per heavy atom. The topological polar surface area (TPSA) is 203 Å². The molecule has 0 bridgehead atoms. The number of carbonyl (C=O) groups is 1. The van der Waals surface area contributed by atoms with Crippen LogP contribution in [0.2, 0.25) is 0 Å². The molecular weight excluding hydrogens is 252 g/mol. The first kappa shape index (κ1) is 26.6. The molecule has 0 unspecified atom stereocenters. The number of nitrogens with two attached hydrogens (primary N) is 6. The van der Waals surface area contributed by atoms with E-state index in [9.17, 15) is 4.79 Å². The van der Waals surface area contributed by atoms with Crippen molar-refractivity contribution in [2.75, 3.05) is 39.3 Å². The molecule has 0 fully saturated rings.